The molecule has 1 aromatic carbocycles. The first-order valence-electron chi connectivity index (χ1n) is 5.67. The molecule has 1 aliphatic rings. The Labute approximate surface area is 91.1 Å². The normalized spacial score (nSPS) is 17.5. The van der Waals surface area contributed by atoms with Crippen LogP contribution >= 0.6 is 0 Å². The molecule has 1 fully saturated rings. The molecule has 4 N–H and O–H groups in total. The molecule has 1 heterocycles. The van der Waals surface area contributed by atoms with Gasteiger partial charge in [0.1, 0.15) is 0 Å². The van der Waals surface area contributed by atoms with Gasteiger partial charge in [0.15, 0.2) is 0 Å². The van der Waals surface area contributed by atoms with Crippen molar-refractivity contribution in [1.29, 1.82) is 0 Å². The summed E-state index contributed by atoms with van der Waals surface area (Å²) < 4.78 is 0. The molecule has 0 radical (unpaired) electrons. The molecule has 3 nitrogen and oxygen atoms in total. The molecule has 0 bridgehead atoms. The van der Waals surface area contributed by atoms with E-state index in [0.29, 0.717) is 0 Å². The van der Waals surface area contributed by atoms with Gasteiger partial charge in [0.2, 0.25) is 0 Å². The Hall–Kier alpha value is -1.38. The second kappa shape index (κ2) is 4.43. The average molecular weight is 205 g/mol. The Kier molecular flexibility index (Phi) is 2.99. The zero-order valence-corrected chi connectivity index (χ0v) is 9.08. The molecular formula is C12H19N3. The number of hydrogen-bond donors (Lipinski definition) is 2. The lowest BCUT2D eigenvalue weighted by Crippen LogP contribution is -2.24. The fourth-order valence-electron chi connectivity index (χ4n) is 2.15. The molecule has 0 unspecified atom stereocenters. The highest BCUT2D eigenvalue weighted by Gasteiger charge is 2.12. The first kappa shape index (κ1) is 10.1. The van der Waals surface area contributed by atoms with Crippen molar-refractivity contribution in [3.05, 3.63) is 18.2 Å². The molecule has 0 aromatic heterocycles. The molecule has 1 aliphatic heterocycles. The van der Waals surface area contributed by atoms with Crippen LogP contribution in [-0.4, -0.2) is 13.1 Å². The molecule has 0 amide bonds. The first-order valence-corrected chi connectivity index (χ1v) is 5.67. The lowest BCUT2D eigenvalue weighted by molar-refractivity contribution is 0.726. The van der Waals surface area contributed by atoms with Gasteiger partial charge in [-0.25, -0.2) is 0 Å². The van der Waals surface area contributed by atoms with Gasteiger partial charge in [-0.15, -0.1) is 0 Å². The molecular weight excluding hydrogens is 186 g/mol. The molecule has 15 heavy (non-hydrogen) atoms. The van der Waals surface area contributed by atoms with Crippen molar-refractivity contribution < 1.29 is 0 Å². The molecule has 0 spiro atoms. The number of nitrogen functional groups attached to an aromatic ring is 2. The van der Waals surface area contributed by atoms with E-state index in [4.69, 9.17) is 11.5 Å². The van der Waals surface area contributed by atoms with Crippen molar-refractivity contribution in [3.8, 4) is 0 Å². The Morgan fingerprint density at radius 1 is 0.933 bits per heavy atom. The quantitative estimate of drug-likeness (QED) is 0.691. The van der Waals surface area contributed by atoms with Crippen LogP contribution in [0.25, 0.3) is 0 Å². The molecule has 1 saturated heterocycles. The number of nitrogens with zero attached hydrogens (tertiary/aromatic N) is 1. The summed E-state index contributed by atoms with van der Waals surface area (Å²) in [5, 5.41) is 0. The van der Waals surface area contributed by atoms with Crippen LogP contribution in [0.1, 0.15) is 25.7 Å². The van der Waals surface area contributed by atoms with Gasteiger partial charge < -0.3 is 16.4 Å². The smallest absolute Gasteiger partial charge is 0.0620 e. The second-order valence-corrected chi connectivity index (χ2v) is 4.22. The van der Waals surface area contributed by atoms with Crippen LogP contribution in [0.4, 0.5) is 17.1 Å². The van der Waals surface area contributed by atoms with E-state index >= 15 is 0 Å². The number of hydrogen-bond acceptors (Lipinski definition) is 3. The van der Waals surface area contributed by atoms with Gasteiger partial charge in [-0.3, -0.25) is 0 Å². The van der Waals surface area contributed by atoms with E-state index in [1.165, 1.54) is 25.7 Å². The van der Waals surface area contributed by atoms with Gasteiger partial charge in [0, 0.05) is 18.8 Å². The molecule has 2 rings (SSSR count). The molecule has 1 aromatic rings. The maximum Gasteiger partial charge on any atom is 0.0620 e. The number of benzene rings is 1. The largest absolute Gasteiger partial charge is 0.399 e. The monoisotopic (exact) mass is 205 g/mol. The van der Waals surface area contributed by atoms with Gasteiger partial charge >= 0.3 is 0 Å². The van der Waals surface area contributed by atoms with Crippen LogP contribution in [0.5, 0.6) is 0 Å². The number of anilines is 3. The summed E-state index contributed by atoms with van der Waals surface area (Å²) in [6.07, 6.45) is 5.18. The Bertz CT molecular complexity index is 328. The standard InChI is InChI=1S/C12H19N3/c13-10-5-6-11(14)12(9-10)15-7-3-1-2-4-8-15/h5-6,9H,1-4,7-8,13-14H2. The van der Waals surface area contributed by atoms with Crippen molar-refractivity contribution in [2.45, 2.75) is 25.7 Å². The zero-order chi connectivity index (χ0) is 10.7. The molecule has 3 heteroatoms. The molecule has 0 saturated carbocycles. The highest BCUT2D eigenvalue weighted by molar-refractivity contribution is 5.72. The topological polar surface area (TPSA) is 55.3 Å². The van der Waals surface area contributed by atoms with Crippen molar-refractivity contribution >= 4 is 17.1 Å². The Morgan fingerprint density at radius 2 is 1.60 bits per heavy atom. The summed E-state index contributed by atoms with van der Waals surface area (Å²) in [7, 11) is 0. The maximum absolute atomic E-state index is 5.97. The fourth-order valence-corrected chi connectivity index (χ4v) is 2.15. The van der Waals surface area contributed by atoms with Crippen LogP contribution in [0.3, 0.4) is 0 Å². The SMILES string of the molecule is Nc1ccc(N)c(N2CCCCCC2)c1. The maximum atomic E-state index is 5.97. The lowest BCUT2D eigenvalue weighted by atomic mass is 10.2. The van der Waals surface area contributed by atoms with Crippen LogP contribution in [-0.2, 0) is 0 Å². The number of rotatable bonds is 1. The summed E-state index contributed by atoms with van der Waals surface area (Å²) in [4.78, 5) is 2.36. The van der Waals surface area contributed by atoms with Gasteiger partial charge in [-0.05, 0) is 31.0 Å². The van der Waals surface area contributed by atoms with E-state index in [0.717, 1.165) is 30.2 Å². The minimum absolute atomic E-state index is 0.795. The van der Waals surface area contributed by atoms with Crippen LogP contribution in [0, 0.1) is 0 Å². The van der Waals surface area contributed by atoms with Gasteiger partial charge in [0.25, 0.3) is 0 Å². The summed E-state index contributed by atoms with van der Waals surface area (Å²) in [6.45, 7) is 2.21. The van der Waals surface area contributed by atoms with Crippen LogP contribution in [0.15, 0.2) is 18.2 Å². The third kappa shape index (κ3) is 2.35. The lowest BCUT2D eigenvalue weighted by Gasteiger charge is -2.24. The zero-order valence-electron chi connectivity index (χ0n) is 9.08. The first-order chi connectivity index (χ1) is 7.27. The van der Waals surface area contributed by atoms with E-state index in [1.54, 1.807) is 0 Å². The van der Waals surface area contributed by atoms with E-state index in [-0.39, 0.29) is 0 Å². The van der Waals surface area contributed by atoms with Crippen LogP contribution < -0.4 is 16.4 Å². The Morgan fingerprint density at radius 3 is 2.27 bits per heavy atom. The summed E-state index contributed by atoms with van der Waals surface area (Å²) in [6, 6.07) is 5.74. The van der Waals surface area contributed by atoms with Crippen molar-refractivity contribution in [2.24, 2.45) is 0 Å². The predicted molar refractivity (Wildman–Crippen MR) is 65.9 cm³/mol. The second-order valence-electron chi connectivity index (χ2n) is 4.22. The summed E-state index contributed by atoms with van der Waals surface area (Å²) >= 11 is 0. The third-order valence-electron chi connectivity index (χ3n) is 3.00. The van der Waals surface area contributed by atoms with Gasteiger partial charge in [-0.1, -0.05) is 12.8 Å². The molecule has 0 atom stereocenters. The summed E-state index contributed by atoms with van der Waals surface area (Å²) in [5.74, 6) is 0. The Balaban J connectivity index is 2.22. The highest BCUT2D eigenvalue weighted by atomic mass is 15.1. The van der Waals surface area contributed by atoms with E-state index in [2.05, 4.69) is 4.90 Å². The highest BCUT2D eigenvalue weighted by Crippen LogP contribution is 2.27. The third-order valence-corrected chi connectivity index (χ3v) is 3.00. The van der Waals surface area contributed by atoms with E-state index in [1.807, 2.05) is 18.2 Å². The van der Waals surface area contributed by atoms with Crippen molar-refractivity contribution in [3.63, 3.8) is 0 Å². The van der Waals surface area contributed by atoms with E-state index < -0.39 is 0 Å². The predicted octanol–water partition coefficient (Wildman–Crippen LogP) is 2.23. The number of nitrogens with two attached hydrogens (primary N) is 2. The van der Waals surface area contributed by atoms with Crippen molar-refractivity contribution in [2.75, 3.05) is 29.5 Å². The fraction of sp³-hybridized carbons (Fsp3) is 0.500. The minimum Gasteiger partial charge on any atom is -0.399 e. The van der Waals surface area contributed by atoms with Crippen molar-refractivity contribution in [1.82, 2.24) is 0 Å². The van der Waals surface area contributed by atoms with Gasteiger partial charge in [-0.2, -0.15) is 0 Å². The minimum atomic E-state index is 0.795. The average Bonchev–Trinajstić information content (AvgIpc) is 2.50. The molecule has 0 aliphatic carbocycles. The van der Waals surface area contributed by atoms with E-state index in [9.17, 15) is 0 Å². The van der Waals surface area contributed by atoms with Crippen LogP contribution in [0.2, 0.25) is 0 Å². The molecule has 82 valence electrons. The van der Waals surface area contributed by atoms with Gasteiger partial charge in [0.05, 0.1) is 11.4 Å². The summed E-state index contributed by atoms with van der Waals surface area (Å²) in [5.41, 5.74) is 14.5.